The molecular formula is C11H17NO4S2. The summed E-state index contributed by atoms with van der Waals surface area (Å²) in [5.41, 5.74) is 0.938. The lowest BCUT2D eigenvalue weighted by atomic mass is 10.2. The fraction of sp³-hybridized carbons (Fsp3) is 0.545. The van der Waals surface area contributed by atoms with Gasteiger partial charge < -0.3 is 10.0 Å². The molecule has 0 saturated heterocycles. The van der Waals surface area contributed by atoms with Gasteiger partial charge in [0.05, 0.1) is 5.75 Å². The van der Waals surface area contributed by atoms with Crippen LogP contribution in [0.1, 0.15) is 20.1 Å². The van der Waals surface area contributed by atoms with Crippen LogP contribution in [0, 0.1) is 6.92 Å². The number of rotatable bonds is 6. The Bertz CT molecular complexity index is 533. The van der Waals surface area contributed by atoms with E-state index >= 15 is 0 Å². The normalized spacial score (nSPS) is 12.0. The summed E-state index contributed by atoms with van der Waals surface area (Å²) in [5, 5.41) is 8.88. The maximum Gasteiger partial charge on any atom is 0.345 e. The molecule has 0 spiro atoms. The summed E-state index contributed by atoms with van der Waals surface area (Å²) in [4.78, 5) is 14.0. The number of carbonyl (C=O) groups is 1. The van der Waals surface area contributed by atoms with Gasteiger partial charge in [-0.15, -0.1) is 11.3 Å². The highest BCUT2D eigenvalue weighted by molar-refractivity contribution is 7.90. The molecule has 0 aliphatic heterocycles. The molecule has 1 aromatic rings. The number of carboxylic acids is 1. The van der Waals surface area contributed by atoms with Crippen molar-refractivity contribution in [2.75, 3.05) is 25.6 Å². The second-order valence-corrected chi connectivity index (χ2v) is 7.88. The van der Waals surface area contributed by atoms with E-state index in [-0.39, 0.29) is 5.75 Å². The Morgan fingerprint density at radius 2 is 2.11 bits per heavy atom. The number of carboxylic acid groups (broad SMARTS) is 1. The van der Waals surface area contributed by atoms with Gasteiger partial charge in [-0.3, -0.25) is 0 Å². The fourth-order valence-corrected chi connectivity index (χ4v) is 2.99. The summed E-state index contributed by atoms with van der Waals surface area (Å²) in [6, 6.07) is 1.65. The lowest BCUT2D eigenvalue weighted by molar-refractivity contribution is 0.0702. The van der Waals surface area contributed by atoms with Crippen molar-refractivity contribution in [2.24, 2.45) is 0 Å². The molecule has 1 aromatic heterocycles. The molecule has 5 nitrogen and oxygen atoms in total. The molecule has 0 amide bonds. The van der Waals surface area contributed by atoms with Gasteiger partial charge in [0.15, 0.2) is 0 Å². The Hall–Kier alpha value is -0.920. The number of nitrogens with zero attached hydrogens (tertiary/aromatic N) is 1. The van der Waals surface area contributed by atoms with Crippen molar-refractivity contribution in [3.8, 4) is 0 Å². The van der Waals surface area contributed by atoms with E-state index < -0.39 is 15.8 Å². The van der Waals surface area contributed by atoms with Crippen molar-refractivity contribution < 1.29 is 18.3 Å². The van der Waals surface area contributed by atoms with Gasteiger partial charge in [0.1, 0.15) is 14.7 Å². The van der Waals surface area contributed by atoms with Gasteiger partial charge in [-0.25, -0.2) is 13.2 Å². The third kappa shape index (κ3) is 4.75. The van der Waals surface area contributed by atoms with E-state index in [1.165, 1.54) is 17.6 Å². The van der Waals surface area contributed by atoms with Gasteiger partial charge in [-0.05, 0) is 25.6 Å². The van der Waals surface area contributed by atoms with E-state index in [9.17, 15) is 13.2 Å². The molecule has 0 unspecified atom stereocenters. The van der Waals surface area contributed by atoms with Crippen molar-refractivity contribution in [2.45, 2.75) is 13.5 Å². The third-order valence-electron chi connectivity index (χ3n) is 2.52. The third-order valence-corrected chi connectivity index (χ3v) is 4.52. The lowest BCUT2D eigenvalue weighted by Crippen LogP contribution is -2.24. The van der Waals surface area contributed by atoms with Crippen molar-refractivity contribution in [3.05, 3.63) is 21.4 Å². The molecule has 102 valence electrons. The van der Waals surface area contributed by atoms with E-state index in [0.29, 0.717) is 18.0 Å². The molecule has 18 heavy (non-hydrogen) atoms. The summed E-state index contributed by atoms with van der Waals surface area (Å²) < 4.78 is 22.1. The van der Waals surface area contributed by atoms with Crippen molar-refractivity contribution in [1.29, 1.82) is 0 Å². The van der Waals surface area contributed by atoms with Gasteiger partial charge >= 0.3 is 5.97 Å². The van der Waals surface area contributed by atoms with Crippen LogP contribution < -0.4 is 0 Å². The molecule has 0 aliphatic carbocycles. The zero-order valence-electron chi connectivity index (χ0n) is 10.6. The number of sulfone groups is 1. The SMILES string of the molecule is Cc1sc(C(=O)O)cc1CN(C)CCS(C)(=O)=O. The maximum atomic E-state index is 11.0. The first-order valence-corrected chi connectivity index (χ1v) is 8.25. The number of thiophene rings is 1. The first-order valence-electron chi connectivity index (χ1n) is 5.38. The first-order chi connectivity index (χ1) is 8.19. The van der Waals surface area contributed by atoms with Gasteiger partial charge in [0.2, 0.25) is 0 Å². The van der Waals surface area contributed by atoms with Crippen LogP contribution in [0.2, 0.25) is 0 Å². The van der Waals surface area contributed by atoms with Crippen LogP contribution in [0.4, 0.5) is 0 Å². The molecule has 7 heteroatoms. The van der Waals surface area contributed by atoms with Gasteiger partial charge in [-0.2, -0.15) is 0 Å². The van der Waals surface area contributed by atoms with Crippen LogP contribution in [-0.4, -0.2) is 50.0 Å². The Morgan fingerprint density at radius 3 is 2.56 bits per heavy atom. The van der Waals surface area contributed by atoms with E-state index in [1.807, 2.05) is 18.9 Å². The van der Waals surface area contributed by atoms with Crippen LogP contribution in [-0.2, 0) is 16.4 Å². The molecule has 0 bridgehead atoms. The van der Waals surface area contributed by atoms with Gasteiger partial charge in [0.25, 0.3) is 0 Å². The number of hydrogen-bond donors (Lipinski definition) is 1. The second kappa shape index (κ2) is 5.81. The number of aryl methyl sites for hydroxylation is 1. The molecule has 0 radical (unpaired) electrons. The average molecular weight is 291 g/mol. The molecule has 0 aliphatic rings. The Kier molecular flexibility index (Phi) is 4.89. The van der Waals surface area contributed by atoms with E-state index in [4.69, 9.17) is 5.11 Å². The van der Waals surface area contributed by atoms with Crippen molar-refractivity contribution in [3.63, 3.8) is 0 Å². The minimum absolute atomic E-state index is 0.110. The van der Waals surface area contributed by atoms with Gasteiger partial charge in [0, 0.05) is 24.2 Å². The van der Waals surface area contributed by atoms with Crippen LogP contribution in [0.25, 0.3) is 0 Å². The molecule has 0 atom stereocenters. The lowest BCUT2D eigenvalue weighted by Gasteiger charge is -2.15. The van der Waals surface area contributed by atoms with E-state index in [0.717, 1.165) is 10.4 Å². The monoisotopic (exact) mass is 291 g/mol. The van der Waals surface area contributed by atoms with Crippen LogP contribution in [0.15, 0.2) is 6.07 Å². The smallest absolute Gasteiger partial charge is 0.345 e. The van der Waals surface area contributed by atoms with E-state index in [1.54, 1.807) is 6.07 Å². The average Bonchev–Trinajstić information content (AvgIpc) is 2.57. The summed E-state index contributed by atoms with van der Waals surface area (Å²) in [6.45, 7) is 2.87. The van der Waals surface area contributed by atoms with Crippen molar-refractivity contribution in [1.82, 2.24) is 4.90 Å². The predicted octanol–water partition coefficient (Wildman–Crippen LogP) is 1.23. The highest BCUT2D eigenvalue weighted by Crippen LogP contribution is 2.22. The van der Waals surface area contributed by atoms with E-state index in [2.05, 4.69) is 0 Å². The zero-order chi connectivity index (χ0) is 13.9. The molecular weight excluding hydrogens is 274 g/mol. The molecule has 1 rings (SSSR count). The summed E-state index contributed by atoms with van der Waals surface area (Å²) in [7, 11) is -1.14. The summed E-state index contributed by atoms with van der Waals surface area (Å²) in [5.74, 6) is -0.813. The Morgan fingerprint density at radius 1 is 1.50 bits per heavy atom. The molecule has 1 heterocycles. The largest absolute Gasteiger partial charge is 0.477 e. The number of hydrogen-bond acceptors (Lipinski definition) is 5. The molecule has 0 fully saturated rings. The van der Waals surface area contributed by atoms with Crippen molar-refractivity contribution >= 4 is 27.1 Å². The molecule has 1 N–H and O–H groups in total. The van der Waals surface area contributed by atoms with Crippen LogP contribution in [0.3, 0.4) is 0 Å². The topological polar surface area (TPSA) is 74.7 Å². The predicted molar refractivity (Wildman–Crippen MR) is 72.1 cm³/mol. The maximum absolute atomic E-state index is 11.0. The zero-order valence-corrected chi connectivity index (χ0v) is 12.3. The first kappa shape index (κ1) is 15.1. The summed E-state index contributed by atoms with van der Waals surface area (Å²) >= 11 is 1.24. The summed E-state index contributed by atoms with van der Waals surface area (Å²) in [6.07, 6.45) is 1.21. The van der Waals surface area contributed by atoms with Crippen LogP contribution in [0.5, 0.6) is 0 Å². The second-order valence-electron chi connectivity index (χ2n) is 4.36. The standard InChI is InChI=1S/C11H17NO4S2/c1-8-9(6-10(17-8)11(13)14)7-12(2)4-5-18(3,15)16/h6H,4-5,7H2,1-3H3,(H,13,14). The van der Waals surface area contributed by atoms with Gasteiger partial charge in [-0.1, -0.05) is 0 Å². The Labute approximate surface area is 111 Å². The fourth-order valence-electron chi connectivity index (χ4n) is 1.47. The quantitative estimate of drug-likeness (QED) is 0.853. The highest BCUT2D eigenvalue weighted by Gasteiger charge is 2.13. The molecule has 0 saturated carbocycles. The minimum atomic E-state index is -2.96. The Balaban J connectivity index is 2.64. The highest BCUT2D eigenvalue weighted by atomic mass is 32.2. The molecule has 0 aromatic carbocycles. The van der Waals surface area contributed by atoms with Crippen LogP contribution >= 0.6 is 11.3 Å². The number of aromatic carboxylic acids is 1. The minimum Gasteiger partial charge on any atom is -0.477 e.